The quantitative estimate of drug-likeness (QED) is 0.482. The smallest absolute Gasteiger partial charge is 0.266 e. The SMILES string of the molecule is CN(c1cc(-n2ccc3c(cnn3Cc3c(F)cccc3F)c2=O)c(Cl)cn1)C1CC(O)C1. The van der Waals surface area contributed by atoms with Crippen molar-refractivity contribution in [1.29, 1.82) is 0 Å². The molecule has 1 saturated carbocycles. The second-order valence-electron chi connectivity index (χ2n) is 8.18. The zero-order valence-electron chi connectivity index (χ0n) is 17.6. The van der Waals surface area contributed by atoms with E-state index in [9.17, 15) is 18.7 Å². The Morgan fingerprint density at radius 1 is 1.21 bits per heavy atom. The van der Waals surface area contributed by atoms with Crippen molar-refractivity contribution < 1.29 is 13.9 Å². The van der Waals surface area contributed by atoms with Crippen LogP contribution < -0.4 is 10.5 Å². The van der Waals surface area contributed by atoms with E-state index in [0.29, 0.717) is 40.3 Å². The molecule has 3 heterocycles. The molecule has 1 aliphatic carbocycles. The van der Waals surface area contributed by atoms with Crippen molar-refractivity contribution in [2.24, 2.45) is 0 Å². The van der Waals surface area contributed by atoms with Gasteiger partial charge in [0.1, 0.15) is 17.5 Å². The predicted octanol–water partition coefficient (Wildman–Crippen LogP) is 3.52. The molecule has 1 aliphatic rings. The molecule has 7 nitrogen and oxygen atoms in total. The number of aromatic nitrogens is 4. The van der Waals surface area contributed by atoms with Gasteiger partial charge in [0.15, 0.2) is 0 Å². The van der Waals surface area contributed by atoms with Crippen LogP contribution in [0, 0.1) is 11.6 Å². The lowest BCUT2D eigenvalue weighted by Gasteiger charge is -2.39. The van der Waals surface area contributed by atoms with Crippen LogP contribution in [-0.4, -0.2) is 43.6 Å². The Bertz CT molecular complexity index is 1390. The third kappa shape index (κ3) is 3.77. The Morgan fingerprint density at radius 3 is 2.64 bits per heavy atom. The molecule has 0 amide bonds. The monoisotopic (exact) mass is 471 g/mol. The molecule has 5 rings (SSSR count). The minimum absolute atomic E-state index is 0.127. The lowest BCUT2D eigenvalue weighted by atomic mass is 9.88. The zero-order valence-corrected chi connectivity index (χ0v) is 18.4. The average molecular weight is 472 g/mol. The van der Waals surface area contributed by atoms with Gasteiger partial charge in [0.25, 0.3) is 5.56 Å². The Kier molecular flexibility index (Phi) is 5.38. The van der Waals surface area contributed by atoms with E-state index >= 15 is 0 Å². The fraction of sp³-hybridized carbons (Fsp3) is 0.261. The Balaban J connectivity index is 1.52. The molecule has 1 fully saturated rings. The predicted molar refractivity (Wildman–Crippen MR) is 121 cm³/mol. The van der Waals surface area contributed by atoms with Crippen LogP contribution >= 0.6 is 11.6 Å². The summed E-state index contributed by atoms with van der Waals surface area (Å²) < 4.78 is 30.9. The van der Waals surface area contributed by atoms with E-state index in [0.717, 1.165) is 0 Å². The molecule has 170 valence electrons. The standard InChI is InChI=1S/C23H20ClF2N5O2/c1-29(13-7-14(32)8-13)22-9-21(17(24)11-27-22)30-6-5-20-15(23(30)33)10-28-31(20)12-16-18(25)3-2-4-19(16)26/h2-6,9-11,13-14,32H,7-8,12H2,1H3. The van der Waals surface area contributed by atoms with Gasteiger partial charge in [-0.1, -0.05) is 17.7 Å². The molecule has 1 N–H and O–H groups in total. The van der Waals surface area contributed by atoms with Crippen molar-refractivity contribution in [3.8, 4) is 5.69 Å². The molecular formula is C23H20ClF2N5O2. The number of hydrogen-bond donors (Lipinski definition) is 1. The lowest BCUT2D eigenvalue weighted by Crippen LogP contribution is -2.45. The second-order valence-corrected chi connectivity index (χ2v) is 8.58. The molecule has 0 radical (unpaired) electrons. The van der Waals surface area contributed by atoms with E-state index in [1.54, 1.807) is 18.3 Å². The van der Waals surface area contributed by atoms with E-state index in [1.165, 1.54) is 39.8 Å². The van der Waals surface area contributed by atoms with Gasteiger partial charge in [-0.15, -0.1) is 0 Å². The van der Waals surface area contributed by atoms with Crippen molar-refractivity contribution in [3.05, 3.63) is 81.5 Å². The fourth-order valence-corrected chi connectivity index (χ4v) is 4.28. The number of fused-ring (bicyclic) bond motifs is 1. The average Bonchev–Trinajstić information content (AvgIpc) is 3.18. The van der Waals surface area contributed by atoms with Crippen molar-refractivity contribution in [3.63, 3.8) is 0 Å². The second kappa shape index (κ2) is 8.24. The maximum atomic E-state index is 14.1. The van der Waals surface area contributed by atoms with Gasteiger partial charge in [-0.05, 0) is 31.0 Å². The Hall–Kier alpha value is -3.30. The van der Waals surface area contributed by atoms with Crippen LogP contribution in [0.2, 0.25) is 5.02 Å². The van der Waals surface area contributed by atoms with E-state index in [2.05, 4.69) is 10.1 Å². The maximum Gasteiger partial charge on any atom is 0.266 e. The summed E-state index contributed by atoms with van der Waals surface area (Å²) in [6.45, 7) is -0.149. The summed E-state index contributed by atoms with van der Waals surface area (Å²) in [7, 11) is 1.88. The maximum absolute atomic E-state index is 14.1. The number of rotatable bonds is 5. The van der Waals surface area contributed by atoms with Crippen LogP contribution in [0.5, 0.6) is 0 Å². The van der Waals surface area contributed by atoms with Gasteiger partial charge in [-0.3, -0.25) is 14.0 Å². The Labute approximate surface area is 192 Å². The summed E-state index contributed by atoms with van der Waals surface area (Å²) in [5.41, 5.74) is 0.407. The van der Waals surface area contributed by atoms with Crippen LogP contribution in [0.15, 0.2) is 53.7 Å². The summed E-state index contributed by atoms with van der Waals surface area (Å²) in [6.07, 6.45) is 5.43. The number of halogens is 3. The van der Waals surface area contributed by atoms with Crippen LogP contribution in [0.4, 0.5) is 14.6 Å². The third-order valence-electron chi connectivity index (χ3n) is 6.16. The van der Waals surface area contributed by atoms with Crippen molar-refractivity contribution in [1.82, 2.24) is 19.3 Å². The molecular weight excluding hydrogens is 452 g/mol. The van der Waals surface area contributed by atoms with Crippen LogP contribution in [0.25, 0.3) is 16.6 Å². The van der Waals surface area contributed by atoms with E-state index in [1.807, 2.05) is 11.9 Å². The van der Waals surface area contributed by atoms with Gasteiger partial charge < -0.3 is 10.0 Å². The number of hydrogen-bond acceptors (Lipinski definition) is 5. The molecule has 0 aliphatic heterocycles. The first kappa shape index (κ1) is 21.5. The number of pyridine rings is 2. The first-order valence-corrected chi connectivity index (χ1v) is 10.8. The van der Waals surface area contributed by atoms with Gasteiger partial charge in [0.2, 0.25) is 0 Å². The highest BCUT2D eigenvalue weighted by Gasteiger charge is 2.31. The third-order valence-corrected chi connectivity index (χ3v) is 6.45. The zero-order chi connectivity index (χ0) is 23.3. The highest BCUT2D eigenvalue weighted by molar-refractivity contribution is 6.32. The summed E-state index contributed by atoms with van der Waals surface area (Å²) in [6, 6.07) is 7.20. The molecule has 0 atom stereocenters. The van der Waals surface area contributed by atoms with Gasteiger partial charge in [-0.2, -0.15) is 5.10 Å². The summed E-state index contributed by atoms with van der Waals surface area (Å²) >= 11 is 6.37. The highest BCUT2D eigenvalue weighted by atomic mass is 35.5. The van der Waals surface area contributed by atoms with Crippen LogP contribution in [0.3, 0.4) is 0 Å². The molecule has 1 aromatic carbocycles. The summed E-state index contributed by atoms with van der Waals surface area (Å²) in [5.74, 6) is -0.721. The number of nitrogens with zero attached hydrogens (tertiary/aromatic N) is 5. The first-order valence-electron chi connectivity index (χ1n) is 10.4. The number of aliphatic hydroxyl groups is 1. The largest absolute Gasteiger partial charge is 0.393 e. The molecule has 33 heavy (non-hydrogen) atoms. The normalized spacial score (nSPS) is 17.8. The minimum Gasteiger partial charge on any atom is -0.393 e. The van der Waals surface area contributed by atoms with Gasteiger partial charge in [-0.25, -0.2) is 13.8 Å². The van der Waals surface area contributed by atoms with Crippen molar-refractivity contribution in [2.45, 2.75) is 31.5 Å². The fourth-order valence-electron chi connectivity index (χ4n) is 4.08. The summed E-state index contributed by atoms with van der Waals surface area (Å²) in [4.78, 5) is 19.6. The molecule has 4 aromatic rings. The lowest BCUT2D eigenvalue weighted by molar-refractivity contribution is 0.0748. The van der Waals surface area contributed by atoms with E-state index in [-0.39, 0.29) is 29.8 Å². The van der Waals surface area contributed by atoms with Gasteiger partial charge >= 0.3 is 0 Å². The topological polar surface area (TPSA) is 76.2 Å². The highest BCUT2D eigenvalue weighted by Crippen LogP contribution is 2.30. The molecule has 0 spiro atoms. The molecule has 3 aromatic heterocycles. The number of benzene rings is 1. The van der Waals surface area contributed by atoms with E-state index in [4.69, 9.17) is 11.6 Å². The van der Waals surface area contributed by atoms with E-state index < -0.39 is 11.6 Å². The van der Waals surface area contributed by atoms with Crippen molar-refractivity contribution in [2.75, 3.05) is 11.9 Å². The van der Waals surface area contributed by atoms with Crippen LogP contribution in [0.1, 0.15) is 18.4 Å². The number of aliphatic hydroxyl groups excluding tert-OH is 1. The summed E-state index contributed by atoms with van der Waals surface area (Å²) in [5, 5.41) is 14.4. The molecule has 10 heteroatoms. The molecule has 0 saturated heterocycles. The van der Waals surface area contributed by atoms with Crippen LogP contribution in [-0.2, 0) is 6.54 Å². The minimum atomic E-state index is -0.675. The number of anilines is 1. The first-order chi connectivity index (χ1) is 15.8. The molecule has 0 bridgehead atoms. The van der Waals surface area contributed by atoms with Gasteiger partial charge in [0.05, 0.1) is 46.7 Å². The molecule has 0 unspecified atom stereocenters. The van der Waals surface area contributed by atoms with Crippen molar-refractivity contribution >= 4 is 28.3 Å². The Morgan fingerprint density at radius 2 is 1.94 bits per heavy atom. The van der Waals surface area contributed by atoms with Gasteiger partial charge in [0, 0.05) is 30.9 Å².